The predicted octanol–water partition coefficient (Wildman–Crippen LogP) is 2.66. The summed E-state index contributed by atoms with van der Waals surface area (Å²) in [6.45, 7) is 6.59. The first-order valence-electron chi connectivity index (χ1n) is 8.28. The fourth-order valence-electron chi connectivity index (χ4n) is 2.83. The lowest BCUT2D eigenvalue weighted by molar-refractivity contribution is 0.667. The monoisotopic (exact) mass is 440 g/mol. The maximum atomic E-state index is 4.67. The van der Waals surface area contributed by atoms with E-state index in [0.717, 1.165) is 43.5 Å². The van der Waals surface area contributed by atoms with Gasteiger partial charge in [0.05, 0.1) is 6.04 Å². The first-order chi connectivity index (χ1) is 11.3. The highest BCUT2D eigenvalue weighted by Crippen LogP contribution is 2.15. The predicted molar refractivity (Wildman–Crippen MR) is 107 cm³/mol. The van der Waals surface area contributed by atoms with Gasteiger partial charge in [-0.1, -0.05) is 30.3 Å². The Morgan fingerprint density at radius 2 is 2.08 bits per heavy atom. The largest absolute Gasteiger partial charge is 0.357 e. The summed E-state index contributed by atoms with van der Waals surface area (Å²) < 4.78 is 2.19. The van der Waals surface area contributed by atoms with Crippen molar-refractivity contribution in [1.29, 1.82) is 0 Å². The Labute approximate surface area is 160 Å². The Morgan fingerprint density at radius 3 is 2.83 bits per heavy atom. The van der Waals surface area contributed by atoms with Crippen LogP contribution in [-0.2, 0) is 19.5 Å². The van der Waals surface area contributed by atoms with Crippen molar-refractivity contribution >= 4 is 29.9 Å². The fourth-order valence-corrected chi connectivity index (χ4v) is 2.83. The molecule has 1 aromatic carbocycles. The third kappa shape index (κ3) is 4.46. The van der Waals surface area contributed by atoms with Crippen LogP contribution in [0.5, 0.6) is 0 Å². The molecule has 1 aliphatic rings. The molecule has 2 heterocycles. The first-order valence-corrected chi connectivity index (χ1v) is 8.28. The van der Waals surface area contributed by atoms with Gasteiger partial charge in [-0.2, -0.15) is 0 Å². The molecule has 0 fully saturated rings. The molecular weight excluding hydrogens is 415 g/mol. The van der Waals surface area contributed by atoms with E-state index >= 15 is 0 Å². The van der Waals surface area contributed by atoms with Gasteiger partial charge in [-0.3, -0.25) is 0 Å². The lowest BCUT2D eigenvalue weighted by Crippen LogP contribution is -2.38. The van der Waals surface area contributed by atoms with E-state index in [1.165, 1.54) is 5.56 Å². The highest BCUT2D eigenvalue weighted by Gasteiger charge is 2.17. The molecule has 1 aromatic heterocycles. The van der Waals surface area contributed by atoms with Crippen LogP contribution in [0.4, 0.5) is 0 Å². The minimum Gasteiger partial charge on any atom is -0.357 e. The lowest BCUT2D eigenvalue weighted by atomic mass is 10.1. The molecule has 130 valence electrons. The Balaban J connectivity index is 0.00000208. The maximum Gasteiger partial charge on any atom is 0.192 e. The van der Waals surface area contributed by atoms with Crippen molar-refractivity contribution < 1.29 is 0 Å². The minimum atomic E-state index is 0. The van der Waals surface area contributed by atoms with E-state index in [1.807, 2.05) is 6.07 Å². The highest BCUT2D eigenvalue weighted by atomic mass is 127. The standard InChI is InChI=1S/C17H24N6.HI/c1-3-18-17(20-13(2)14-8-5-4-6-9-14)19-12-16-22-21-15-10-7-11-23(15)16;/h4-6,8-9,13H,3,7,10-12H2,1-2H3,(H2,18,19,20);1H. The molecule has 2 N–H and O–H groups in total. The SMILES string of the molecule is CCNC(=NCc1nnc2n1CCC2)NC(C)c1ccccc1.I. The smallest absolute Gasteiger partial charge is 0.192 e. The molecule has 0 saturated heterocycles. The van der Waals surface area contributed by atoms with Crippen LogP contribution in [0, 0.1) is 0 Å². The van der Waals surface area contributed by atoms with Crippen molar-refractivity contribution in [3.05, 3.63) is 47.5 Å². The van der Waals surface area contributed by atoms with E-state index in [-0.39, 0.29) is 30.0 Å². The average Bonchev–Trinajstić information content (AvgIpc) is 3.17. The molecule has 0 aliphatic carbocycles. The number of aromatic nitrogens is 3. The lowest BCUT2D eigenvalue weighted by Gasteiger charge is -2.18. The summed E-state index contributed by atoms with van der Waals surface area (Å²) in [4.78, 5) is 4.67. The first kappa shape index (κ1) is 18.7. The van der Waals surface area contributed by atoms with Crippen LogP contribution in [0.25, 0.3) is 0 Å². The molecule has 24 heavy (non-hydrogen) atoms. The van der Waals surface area contributed by atoms with Crippen LogP contribution >= 0.6 is 24.0 Å². The van der Waals surface area contributed by atoms with Gasteiger partial charge in [0.25, 0.3) is 0 Å². The van der Waals surface area contributed by atoms with E-state index < -0.39 is 0 Å². The number of aryl methyl sites for hydroxylation is 1. The Kier molecular flexibility index (Phi) is 7.01. The molecule has 3 rings (SSSR count). The van der Waals surface area contributed by atoms with E-state index in [4.69, 9.17) is 0 Å². The molecule has 1 unspecified atom stereocenters. The van der Waals surface area contributed by atoms with Crippen LogP contribution in [-0.4, -0.2) is 27.3 Å². The molecule has 1 aliphatic heterocycles. The summed E-state index contributed by atoms with van der Waals surface area (Å²) in [7, 11) is 0. The molecule has 2 aromatic rings. The highest BCUT2D eigenvalue weighted by molar-refractivity contribution is 14.0. The van der Waals surface area contributed by atoms with Crippen LogP contribution in [0.1, 0.15) is 43.5 Å². The number of nitrogens with one attached hydrogen (secondary N) is 2. The summed E-state index contributed by atoms with van der Waals surface area (Å²) in [6, 6.07) is 10.6. The molecule has 0 spiro atoms. The van der Waals surface area contributed by atoms with Crippen molar-refractivity contribution in [1.82, 2.24) is 25.4 Å². The third-order valence-electron chi connectivity index (χ3n) is 4.06. The van der Waals surface area contributed by atoms with Crippen molar-refractivity contribution in [3.8, 4) is 0 Å². The second-order valence-electron chi connectivity index (χ2n) is 5.76. The van der Waals surface area contributed by atoms with Gasteiger partial charge in [-0.25, -0.2) is 4.99 Å². The second kappa shape index (κ2) is 9.00. The zero-order valence-corrected chi connectivity index (χ0v) is 16.5. The minimum absolute atomic E-state index is 0. The molecule has 7 heteroatoms. The third-order valence-corrected chi connectivity index (χ3v) is 4.06. The van der Waals surface area contributed by atoms with Gasteiger partial charge in [-0.15, -0.1) is 34.2 Å². The zero-order valence-electron chi connectivity index (χ0n) is 14.2. The number of nitrogens with zero attached hydrogens (tertiary/aromatic N) is 4. The van der Waals surface area contributed by atoms with Crippen molar-refractivity contribution in [2.24, 2.45) is 4.99 Å². The number of rotatable bonds is 5. The quantitative estimate of drug-likeness (QED) is 0.426. The number of aliphatic imine (C=N–C) groups is 1. The summed E-state index contributed by atoms with van der Waals surface area (Å²) in [5, 5.41) is 15.2. The van der Waals surface area contributed by atoms with Crippen LogP contribution in [0.3, 0.4) is 0 Å². The van der Waals surface area contributed by atoms with Crippen LogP contribution < -0.4 is 10.6 Å². The van der Waals surface area contributed by atoms with Gasteiger partial charge in [-0.05, 0) is 25.8 Å². The van der Waals surface area contributed by atoms with Gasteiger partial charge in [0.1, 0.15) is 12.4 Å². The van der Waals surface area contributed by atoms with Crippen molar-refractivity contribution in [2.45, 2.75) is 45.8 Å². The van der Waals surface area contributed by atoms with E-state index in [0.29, 0.717) is 6.54 Å². The van der Waals surface area contributed by atoms with Crippen molar-refractivity contribution in [3.63, 3.8) is 0 Å². The number of guanidine groups is 1. The number of hydrogen-bond acceptors (Lipinski definition) is 3. The Morgan fingerprint density at radius 1 is 1.29 bits per heavy atom. The van der Waals surface area contributed by atoms with E-state index in [2.05, 4.69) is 68.5 Å². The Hall–Kier alpha value is -1.64. The number of hydrogen-bond donors (Lipinski definition) is 2. The summed E-state index contributed by atoms with van der Waals surface area (Å²) in [5.74, 6) is 2.84. The normalized spacial score (nSPS) is 14.7. The molecule has 0 radical (unpaired) electrons. The van der Waals surface area contributed by atoms with E-state index in [1.54, 1.807) is 0 Å². The molecule has 6 nitrogen and oxygen atoms in total. The molecule has 0 amide bonds. The molecule has 1 atom stereocenters. The zero-order chi connectivity index (χ0) is 16.1. The molecule has 0 saturated carbocycles. The summed E-state index contributed by atoms with van der Waals surface area (Å²) in [6.07, 6.45) is 2.19. The van der Waals surface area contributed by atoms with Gasteiger partial charge < -0.3 is 15.2 Å². The van der Waals surface area contributed by atoms with Crippen molar-refractivity contribution in [2.75, 3.05) is 6.54 Å². The second-order valence-corrected chi connectivity index (χ2v) is 5.76. The topological polar surface area (TPSA) is 67.1 Å². The van der Waals surface area contributed by atoms with Gasteiger partial charge >= 0.3 is 0 Å². The number of benzene rings is 1. The fraction of sp³-hybridized carbons (Fsp3) is 0.471. The average molecular weight is 440 g/mol. The van der Waals surface area contributed by atoms with Gasteiger partial charge in [0.15, 0.2) is 11.8 Å². The number of fused-ring (bicyclic) bond motifs is 1. The Bertz CT molecular complexity index is 667. The van der Waals surface area contributed by atoms with Crippen LogP contribution in [0.2, 0.25) is 0 Å². The van der Waals surface area contributed by atoms with Crippen LogP contribution in [0.15, 0.2) is 35.3 Å². The maximum absolute atomic E-state index is 4.67. The number of halogens is 1. The summed E-state index contributed by atoms with van der Waals surface area (Å²) in [5.41, 5.74) is 1.24. The molecular formula is C17H25IN6. The van der Waals surface area contributed by atoms with Gasteiger partial charge in [0.2, 0.25) is 0 Å². The molecule has 0 bridgehead atoms. The van der Waals surface area contributed by atoms with E-state index in [9.17, 15) is 0 Å². The summed E-state index contributed by atoms with van der Waals surface area (Å²) >= 11 is 0. The van der Waals surface area contributed by atoms with Gasteiger partial charge in [0, 0.05) is 19.5 Å².